The normalized spacial score (nSPS) is 19.6. The van der Waals surface area contributed by atoms with Gasteiger partial charge in [-0.1, -0.05) is 0 Å². The number of hydrogen-bond donors (Lipinski definition) is 3. The van der Waals surface area contributed by atoms with Gasteiger partial charge in [0.2, 0.25) is 5.91 Å². The minimum Gasteiger partial charge on any atom is -0.386 e. The van der Waals surface area contributed by atoms with Gasteiger partial charge >= 0.3 is 0 Å². The summed E-state index contributed by atoms with van der Waals surface area (Å²) in [6.45, 7) is 4.43. The van der Waals surface area contributed by atoms with E-state index in [1.165, 1.54) is 30.0 Å². The summed E-state index contributed by atoms with van der Waals surface area (Å²) in [4.78, 5) is 30.3. The number of rotatable bonds is 8. The summed E-state index contributed by atoms with van der Waals surface area (Å²) in [6.07, 6.45) is 4.10. The Morgan fingerprint density at radius 3 is 2.74 bits per heavy atom. The molecule has 1 aliphatic carbocycles. The van der Waals surface area contributed by atoms with Crippen molar-refractivity contribution >= 4 is 17.3 Å². The van der Waals surface area contributed by atoms with Crippen LogP contribution in [-0.2, 0) is 4.79 Å². The van der Waals surface area contributed by atoms with Crippen LogP contribution in [-0.4, -0.2) is 73.9 Å². The van der Waals surface area contributed by atoms with Crippen LogP contribution in [0.3, 0.4) is 0 Å². The van der Waals surface area contributed by atoms with E-state index in [1.807, 2.05) is 11.0 Å². The van der Waals surface area contributed by atoms with Gasteiger partial charge < -0.3 is 20.6 Å². The number of pyridine rings is 1. The number of nitrogens with zero attached hydrogens (tertiary/aromatic N) is 5. The molecule has 0 bridgehead atoms. The lowest BCUT2D eigenvalue weighted by atomic mass is 9.60. The van der Waals surface area contributed by atoms with Crippen molar-refractivity contribution in [2.24, 2.45) is 5.41 Å². The van der Waals surface area contributed by atoms with Gasteiger partial charge in [-0.2, -0.15) is 10.4 Å². The van der Waals surface area contributed by atoms with Gasteiger partial charge in [0.15, 0.2) is 6.17 Å². The van der Waals surface area contributed by atoms with E-state index in [4.69, 9.17) is 0 Å². The molecule has 0 radical (unpaired) electrons. The van der Waals surface area contributed by atoms with Crippen LogP contribution >= 0.6 is 0 Å². The number of nitriles is 1. The van der Waals surface area contributed by atoms with Gasteiger partial charge in [0.25, 0.3) is 5.91 Å². The van der Waals surface area contributed by atoms with Crippen LogP contribution in [0, 0.1) is 16.7 Å². The van der Waals surface area contributed by atoms with Crippen LogP contribution in [0.25, 0.3) is 5.52 Å². The van der Waals surface area contributed by atoms with Crippen molar-refractivity contribution in [3.05, 3.63) is 65.7 Å². The molecule has 1 spiro atoms. The van der Waals surface area contributed by atoms with Gasteiger partial charge in [0.05, 0.1) is 28.5 Å². The number of nitrogens with one attached hydrogen (secondary N) is 2. The van der Waals surface area contributed by atoms with E-state index in [2.05, 4.69) is 20.7 Å². The monoisotopic (exact) mass is 519 g/mol. The van der Waals surface area contributed by atoms with Crippen LogP contribution in [0.2, 0.25) is 0 Å². The minimum absolute atomic E-state index is 0.0279. The molecule has 10 nitrogen and oxygen atoms in total. The minimum atomic E-state index is -1.91. The summed E-state index contributed by atoms with van der Waals surface area (Å²) in [5.41, 5.74) is -0.216. The van der Waals surface area contributed by atoms with E-state index < -0.39 is 23.7 Å². The van der Waals surface area contributed by atoms with E-state index >= 15 is 4.39 Å². The zero-order valence-corrected chi connectivity index (χ0v) is 21.3. The largest absolute Gasteiger partial charge is 0.386 e. The molecule has 2 aliphatic rings. The Morgan fingerprint density at radius 2 is 2.08 bits per heavy atom. The van der Waals surface area contributed by atoms with Crippen molar-refractivity contribution in [1.29, 1.82) is 5.26 Å². The lowest BCUT2D eigenvalue weighted by Crippen LogP contribution is -2.67. The van der Waals surface area contributed by atoms with E-state index in [-0.39, 0.29) is 29.5 Å². The summed E-state index contributed by atoms with van der Waals surface area (Å²) in [7, 11) is 0. The predicted molar refractivity (Wildman–Crippen MR) is 136 cm³/mol. The molecule has 2 fully saturated rings. The number of likely N-dealkylation sites (tertiary alicyclic amines) is 1. The van der Waals surface area contributed by atoms with Crippen molar-refractivity contribution in [2.75, 3.05) is 19.6 Å². The number of aliphatic hydroxyl groups is 1. The maximum Gasteiger partial charge on any atom is 0.253 e. The lowest BCUT2D eigenvalue weighted by molar-refractivity contribution is -0.150. The molecule has 11 heteroatoms. The van der Waals surface area contributed by atoms with Crippen molar-refractivity contribution in [3.8, 4) is 6.07 Å². The molecular formula is C27H30FN7O3. The summed E-state index contributed by atoms with van der Waals surface area (Å²) in [5.74, 6) is -0.468. The molecule has 3 N–H and O–H groups in total. The first-order valence-electron chi connectivity index (χ1n) is 12.5. The van der Waals surface area contributed by atoms with Gasteiger partial charge in [-0.05, 0) is 50.1 Å². The highest BCUT2D eigenvalue weighted by molar-refractivity contribution is 5.94. The summed E-state index contributed by atoms with van der Waals surface area (Å²) in [5, 5.41) is 30.7. The second-order valence-corrected chi connectivity index (χ2v) is 10.8. The highest BCUT2D eigenvalue weighted by atomic mass is 19.1. The Bertz CT molecular complexity index is 1390. The van der Waals surface area contributed by atoms with Gasteiger partial charge in [0, 0.05) is 50.4 Å². The number of halogens is 1. The van der Waals surface area contributed by atoms with E-state index in [0.717, 1.165) is 25.9 Å². The van der Waals surface area contributed by atoms with Crippen LogP contribution in [0.4, 0.5) is 4.39 Å². The zero-order chi connectivity index (χ0) is 27.1. The molecule has 198 valence electrons. The molecule has 3 aromatic rings. The van der Waals surface area contributed by atoms with Gasteiger partial charge in [-0.3, -0.25) is 14.6 Å². The van der Waals surface area contributed by atoms with Crippen LogP contribution < -0.4 is 10.6 Å². The van der Waals surface area contributed by atoms with Crippen molar-refractivity contribution in [1.82, 2.24) is 30.1 Å². The Hall–Kier alpha value is -3.88. The fourth-order valence-corrected chi connectivity index (χ4v) is 5.52. The predicted octanol–water partition coefficient (Wildman–Crippen LogP) is 1.76. The van der Waals surface area contributed by atoms with Crippen LogP contribution in [0.1, 0.15) is 54.3 Å². The molecular weight excluding hydrogens is 489 g/mol. The molecule has 1 saturated heterocycles. The maximum absolute atomic E-state index is 16.2. The molecule has 5 rings (SSSR count). The Kier molecular flexibility index (Phi) is 6.63. The number of carbonyl (C=O) groups excluding carboxylic acids is 2. The van der Waals surface area contributed by atoms with Gasteiger partial charge in [-0.25, -0.2) is 8.91 Å². The quantitative estimate of drug-likeness (QED) is 0.413. The molecule has 1 saturated carbocycles. The SMILES string of the molecule is CC(=O)N1CC2(CC(NC[C@@](C)(O)[C@H](F)[C@H](NC(=O)c3cccnc3)c3ccc4cc(C#N)cnn34)C2)C1. The van der Waals surface area contributed by atoms with E-state index in [9.17, 15) is 20.0 Å². The Balaban J connectivity index is 1.32. The summed E-state index contributed by atoms with van der Waals surface area (Å²) >= 11 is 0. The molecule has 2 amide bonds. The number of alkyl halides is 1. The second kappa shape index (κ2) is 9.78. The average molecular weight is 520 g/mol. The van der Waals surface area contributed by atoms with Gasteiger partial charge in [0.1, 0.15) is 17.7 Å². The summed E-state index contributed by atoms with van der Waals surface area (Å²) < 4.78 is 17.7. The van der Waals surface area contributed by atoms with Crippen LogP contribution in [0.15, 0.2) is 48.9 Å². The third-order valence-electron chi connectivity index (χ3n) is 7.68. The third kappa shape index (κ3) is 4.85. The maximum atomic E-state index is 16.2. The first-order valence-corrected chi connectivity index (χ1v) is 12.5. The molecule has 38 heavy (non-hydrogen) atoms. The first kappa shape index (κ1) is 25.8. The van der Waals surface area contributed by atoms with E-state index in [1.54, 1.807) is 37.3 Å². The van der Waals surface area contributed by atoms with E-state index in [0.29, 0.717) is 16.8 Å². The second-order valence-electron chi connectivity index (χ2n) is 10.8. The van der Waals surface area contributed by atoms with Crippen molar-refractivity contribution in [2.45, 2.75) is 50.5 Å². The Morgan fingerprint density at radius 1 is 1.32 bits per heavy atom. The number of fused-ring (bicyclic) bond motifs is 1. The molecule has 1 aliphatic heterocycles. The number of amides is 2. The molecule has 4 heterocycles. The first-order chi connectivity index (χ1) is 18.1. The number of hydrogen-bond acceptors (Lipinski definition) is 7. The highest BCUT2D eigenvalue weighted by Crippen LogP contribution is 2.48. The fourth-order valence-electron chi connectivity index (χ4n) is 5.52. The molecule has 0 aromatic carbocycles. The standard InChI is InChI=1S/C27H30FN7O3/c1-17(36)34-15-27(16-34)9-20(10-27)31-14-26(2,38)24(28)23(33-25(37)19-4-3-7-30-13-19)22-6-5-21-8-18(11-29)12-32-35(21)22/h3-8,12-13,20,23-24,31,38H,9-10,14-16H2,1-2H3,(H,33,37)/t23-,24-,26-/m1/s1. The molecule has 0 unspecified atom stereocenters. The number of carbonyl (C=O) groups is 2. The fraction of sp³-hybridized carbons (Fsp3) is 0.444. The average Bonchev–Trinajstić information content (AvgIpc) is 3.28. The van der Waals surface area contributed by atoms with Gasteiger partial charge in [-0.15, -0.1) is 0 Å². The van der Waals surface area contributed by atoms with Crippen LogP contribution in [0.5, 0.6) is 0 Å². The topological polar surface area (TPSA) is 136 Å². The summed E-state index contributed by atoms with van der Waals surface area (Å²) in [6, 6.07) is 9.00. The van der Waals surface area contributed by atoms with Crippen molar-refractivity contribution in [3.63, 3.8) is 0 Å². The zero-order valence-electron chi connectivity index (χ0n) is 21.3. The molecule has 3 aromatic heterocycles. The highest BCUT2D eigenvalue weighted by Gasteiger charge is 2.53. The Labute approximate surface area is 219 Å². The smallest absolute Gasteiger partial charge is 0.253 e. The molecule has 3 atom stereocenters. The number of aromatic nitrogens is 3. The van der Waals surface area contributed by atoms with Crippen molar-refractivity contribution < 1.29 is 19.1 Å². The lowest BCUT2D eigenvalue weighted by Gasteiger charge is -2.59. The third-order valence-corrected chi connectivity index (χ3v) is 7.68.